The predicted octanol–water partition coefficient (Wildman–Crippen LogP) is 0.935. The number of nitrogens with one attached hydrogen (secondary N) is 1. The maximum atomic E-state index is 12.4. The van der Waals surface area contributed by atoms with Crippen LogP contribution < -0.4 is 5.32 Å². The third-order valence-corrected chi connectivity index (χ3v) is 3.42. The normalized spacial score (nSPS) is 21.9. The quantitative estimate of drug-likeness (QED) is 0.658. The van der Waals surface area contributed by atoms with Crippen molar-refractivity contribution in [2.24, 2.45) is 0 Å². The van der Waals surface area contributed by atoms with Crippen molar-refractivity contribution >= 4 is 17.9 Å². The van der Waals surface area contributed by atoms with Crippen LogP contribution in [0, 0.1) is 6.92 Å². The van der Waals surface area contributed by atoms with Crippen molar-refractivity contribution in [3.8, 4) is 0 Å². The van der Waals surface area contributed by atoms with Gasteiger partial charge in [-0.15, -0.1) is 0 Å². The molecule has 1 heterocycles. The van der Waals surface area contributed by atoms with E-state index in [0.717, 1.165) is 10.5 Å². The number of imide groups is 1. The molecule has 1 saturated heterocycles. The summed E-state index contributed by atoms with van der Waals surface area (Å²) in [5.74, 6) is -1.10. The molecule has 1 aromatic carbocycles. The molecule has 1 N–H and O–H groups in total. The Hall–Kier alpha value is -2.37. The second kappa shape index (κ2) is 4.96. The number of ether oxygens (including phenoxy) is 1. The first-order valence-corrected chi connectivity index (χ1v) is 6.16. The summed E-state index contributed by atoms with van der Waals surface area (Å²) < 4.78 is 4.49. The molecule has 0 spiro atoms. The Morgan fingerprint density at radius 3 is 2.45 bits per heavy atom. The van der Waals surface area contributed by atoms with Crippen molar-refractivity contribution in [1.29, 1.82) is 0 Å². The molecule has 106 valence electrons. The molecule has 2 rings (SSSR count). The highest BCUT2D eigenvalue weighted by Gasteiger charge is 2.49. The summed E-state index contributed by atoms with van der Waals surface area (Å²) in [5, 5.41) is 2.62. The average molecular weight is 276 g/mol. The zero-order valence-corrected chi connectivity index (χ0v) is 11.6. The fraction of sp³-hybridized carbons (Fsp3) is 0.357. The molecule has 1 unspecified atom stereocenters. The Balaban J connectivity index is 2.30. The molecular formula is C14H16N2O4. The lowest BCUT2D eigenvalue weighted by molar-refractivity contribution is -0.145. The van der Waals surface area contributed by atoms with E-state index in [0.29, 0.717) is 5.56 Å². The molecule has 6 heteroatoms. The van der Waals surface area contributed by atoms with Crippen LogP contribution in [0.5, 0.6) is 0 Å². The predicted molar refractivity (Wildman–Crippen MR) is 70.8 cm³/mol. The molecule has 3 amide bonds. The molecule has 1 aliphatic heterocycles. The van der Waals surface area contributed by atoms with Crippen molar-refractivity contribution in [3.05, 3.63) is 35.4 Å². The van der Waals surface area contributed by atoms with Crippen molar-refractivity contribution in [1.82, 2.24) is 10.2 Å². The Labute approximate surface area is 116 Å². The van der Waals surface area contributed by atoms with Gasteiger partial charge in [-0.25, -0.2) is 4.79 Å². The minimum atomic E-state index is -1.15. The largest absolute Gasteiger partial charge is 0.468 e. The van der Waals surface area contributed by atoms with Crippen LogP contribution in [0.15, 0.2) is 24.3 Å². The summed E-state index contributed by atoms with van der Waals surface area (Å²) in [6.07, 6.45) is 0. The van der Waals surface area contributed by atoms with Gasteiger partial charge in [0.1, 0.15) is 12.1 Å². The molecule has 20 heavy (non-hydrogen) atoms. The molecule has 1 atom stereocenters. The second-order valence-electron chi connectivity index (χ2n) is 4.89. The first-order valence-electron chi connectivity index (χ1n) is 6.16. The smallest absolute Gasteiger partial charge is 0.325 e. The van der Waals surface area contributed by atoms with E-state index in [-0.39, 0.29) is 6.54 Å². The van der Waals surface area contributed by atoms with Crippen LogP contribution in [-0.4, -0.2) is 36.5 Å². The summed E-state index contributed by atoms with van der Waals surface area (Å²) in [4.78, 5) is 36.4. The summed E-state index contributed by atoms with van der Waals surface area (Å²) in [6.45, 7) is 3.17. The van der Waals surface area contributed by atoms with Crippen LogP contribution in [0.1, 0.15) is 18.1 Å². The number of methoxy groups -OCH3 is 1. The first-order chi connectivity index (χ1) is 9.38. The summed E-state index contributed by atoms with van der Waals surface area (Å²) in [6, 6.07) is 6.71. The number of esters is 1. The number of aryl methyl sites for hydroxylation is 1. The minimum absolute atomic E-state index is 0.386. The van der Waals surface area contributed by atoms with Crippen LogP contribution in [0.3, 0.4) is 0 Å². The van der Waals surface area contributed by atoms with E-state index in [1.165, 1.54) is 7.11 Å². The first kappa shape index (κ1) is 14.0. The Morgan fingerprint density at radius 1 is 1.30 bits per heavy atom. The van der Waals surface area contributed by atoms with E-state index in [2.05, 4.69) is 10.1 Å². The maximum Gasteiger partial charge on any atom is 0.325 e. The van der Waals surface area contributed by atoms with Crippen molar-refractivity contribution in [2.75, 3.05) is 13.7 Å². The van der Waals surface area contributed by atoms with Gasteiger partial charge in [-0.3, -0.25) is 14.5 Å². The number of hydrogen-bond acceptors (Lipinski definition) is 4. The zero-order valence-electron chi connectivity index (χ0n) is 11.6. The third kappa shape index (κ3) is 2.24. The van der Waals surface area contributed by atoms with E-state index < -0.39 is 23.4 Å². The van der Waals surface area contributed by atoms with Gasteiger partial charge in [-0.1, -0.05) is 29.8 Å². The van der Waals surface area contributed by atoms with Gasteiger partial charge in [-0.05, 0) is 19.4 Å². The van der Waals surface area contributed by atoms with Gasteiger partial charge in [0.2, 0.25) is 0 Å². The van der Waals surface area contributed by atoms with Crippen molar-refractivity contribution in [3.63, 3.8) is 0 Å². The molecule has 0 bridgehead atoms. The van der Waals surface area contributed by atoms with Gasteiger partial charge < -0.3 is 10.1 Å². The molecule has 0 radical (unpaired) electrons. The number of benzene rings is 1. The fourth-order valence-corrected chi connectivity index (χ4v) is 2.12. The van der Waals surface area contributed by atoms with Gasteiger partial charge in [-0.2, -0.15) is 0 Å². The number of amides is 3. The van der Waals surface area contributed by atoms with Crippen molar-refractivity contribution in [2.45, 2.75) is 19.4 Å². The number of urea groups is 1. The van der Waals surface area contributed by atoms with Crippen LogP contribution in [0.2, 0.25) is 0 Å². The number of nitrogens with zero attached hydrogens (tertiary/aromatic N) is 1. The molecule has 0 aliphatic carbocycles. The van der Waals surface area contributed by atoms with Crippen LogP contribution >= 0.6 is 0 Å². The van der Waals surface area contributed by atoms with E-state index in [9.17, 15) is 14.4 Å². The lowest BCUT2D eigenvalue weighted by Gasteiger charge is -2.22. The van der Waals surface area contributed by atoms with Gasteiger partial charge in [0.25, 0.3) is 5.91 Å². The Kier molecular flexibility index (Phi) is 3.48. The minimum Gasteiger partial charge on any atom is -0.468 e. The van der Waals surface area contributed by atoms with Gasteiger partial charge in [0.05, 0.1) is 7.11 Å². The highest BCUT2D eigenvalue weighted by Crippen LogP contribution is 2.28. The Morgan fingerprint density at radius 2 is 1.90 bits per heavy atom. The maximum absolute atomic E-state index is 12.4. The number of carbonyl (C=O) groups excluding carboxylic acids is 3. The molecular weight excluding hydrogens is 260 g/mol. The molecule has 1 aliphatic rings. The molecule has 0 saturated carbocycles. The van der Waals surface area contributed by atoms with E-state index >= 15 is 0 Å². The number of rotatable bonds is 3. The molecule has 1 fully saturated rings. The average Bonchev–Trinajstić information content (AvgIpc) is 2.64. The third-order valence-electron chi connectivity index (χ3n) is 3.42. The molecule has 0 aromatic heterocycles. The monoisotopic (exact) mass is 276 g/mol. The van der Waals surface area contributed by atoms with Gasteiger partial charge in [0, 0.05) is 0 Å². The summed E-state index contributed by atoms with van der Waals surface area (Å²) in [5.41, 5.74) is 0.577. The van der Waals surface area contributed by atoms with Gasteiger partial charge in [0.15, 0.2) is 0 Å². The highest BCUT2D eigenvalue weighted by atomic mass is 16.5. The SMILES string of the molecule is COC(=O)CN1C(=O)NC(C)(c2ccc(C)cc2)C1=O. The van der Waals surface area contributed by atoms with Crippen molar-refractivity contribution < 1.29 is 19.1 Å². The zero-order chi connectivity index (χ0) is 14.9. The highest BCUT2D eigenvalue weighted by molar-refractivity contribution is 6.08. The summed E-state index contributed by atoms with van der Waals surface area (Å²) >= 11 is 0. The summed E-state index contributed by atoms with van der Waals surface area (Å²) in [7, 11) is 1.21. The number of hydrogen-bond donors (Lipinski definition) is 1. The molecule has 6 nitrogen and oxygen atoms in total. The molecule has 1 aromatic rings. The van der Waals surface area contributed by atoms with E-state index in [1.807, 2.05) is 19.1 Å². The second-order valence-corrected chi connectivity index (χ2v) is 4.89. The lowest BCUT2D eigenvalue weighted by Crippen LogP contribution is -2.41. The Bertz CT molecular complexity index is 567. The van der Waals surface area contributed by atoms with E-state index in [4.69, 9.17) is 0 Å². The van der Waals surface area contributed by atoms with Crippen LogP contribution in [0.25, 0.3) is 0 Å². The van der Waals surface area contributed by atoms with E-state index in [1.54, 1.807) is 19.1 Å². The fourth-order valence-electron chi connectivity index (χ4n) is 2.12. The number of carbonyl (C=O) groups is 3. The van der Waals surface area contributed by atoms with Crippen LogP contribution in [-0.2, 0) is 19.9 Å². The standard InChI is InChI=1S/C14H16N2O4/c1-9-4-6-10(7-5-9)14(2)12(18)16(13(19)15-14)8-11(17)20-3/h4-7H,8H2,1-3H3,(H,15,19). The van der Waals surface area contributed by atoms with Crippen LogP contribution in [0.4, 0.5) is 4.79 Å². The van der Waals surface area contributed by atoms with Gasteiger partial charge >= 0.3 is 12.0 Å². The lowest BCUT2D eigenvalue weighted by atomic mass is 9.91. The topological polar surface area (TPSA) is 75.7 Å².